The van der Waals surface area contributed by atoms with Crippen LogP contribution in [0.3, 0.4) is 0 Å². The van der Waals surface area contributed by atoms with Gasteiger partial charge in [0.1, 0.15) is 12.6 Å². The van der Waals surface area contributed by atoms with Crippen molar-refractivity contribution in [2.45, 2.75) is 18.0 Å². The number of carboxylic acid groups (broad SMARTS) is 1. The van der Waals surface area contributed by atoms with Gasteiger partial charge in [-0.15, -0.1) is 0 Å². The number of nitrogens with one attached hydrogen (secondary N) is 2. The first-order valence-electron chi connectivity index (χ1n) is 10.6. The fourth-order valence-corrected chi connectivity index (χ4v) is 3.96. The Morgan fingerprint density at radius 1 is 0.970 bits per heavy atom. The maximum Gasteiger partial charge on any atom is 0.407 e. The van der Waals surface area contributed by atoms with E-state index in [1.807, 2.05) is 48.5 Å². The van der Waals surface area contributed by atoms with Gasteiger partial charge in [-0.2, -0.15) is 0 Å². The highest BCUT2D eigenvalue weighted by atomic mass is 16.5. The Labute approximate surface area is 192 Å². The second-order valence-electron chi connectivity index (χ2n) is 8.14. The fourth-order valence-electron chi connectivity index (χ4n) is 3.96. The Balaban J connectivity index is 1.66. The smallest absolute Gasteiger partial charge is 0.407 e. The molecule has 0 fully saturated rings. The van der Waals surface area contributed by atoms with Gasteiger partial charge in [0.25, 0.3) is 0 Å². The van der Waals surface area contributed by atoms with Crippen LogP contribution in [0.4, 0.5) is 4.79 Å². The Hall–Kier alpha value is -3.43. The van der Waals surface area contributed by atoms with Crippen LogP contribution in [0.5, 0.6) is 0 Å². The third kappa shape index (κ3) is 5.88. The first-order valence-corrected chi connectivity index (χ1v) is 10.6. The van der Waals surface area contributed by atoms with Gasteiger partial charge in [0.15, 0.2) is 6.04 Å². The van der Waals surface area contributed by atoms with Crippen molar-refractivity contribution < 1.29 is 29.0 Å². The highest BCUT2D eigenvalue weighted by Crippen LogP contribution is 2.44. The van der Waals surface area contributed by atoms with Crippen molar-refractivity contribution in [3.05, 3.63) is 59.7 Å². The van der Waals surface area contributed by atoms with Gasteiger partial charge < -0.3 is 30.1 Å². The molecule has 2 aromatic rings. The summed E-state index contributed by atoms with van der Waals surface area (Å²) in [6.45, 7) is 0.0770. The maximum atomic E-state index is 12.7. The lowest BCUT2D eigenvalue weighted by Gasteiger charge is -2.24. The Kier molecular flexibility index (Phi) is 8.02. The number of benzene rings is 2. The third-order valence-corrected chi connectivity index (χ3v) is 5.45. The zero-order valence-corrected chi connectivity index (χ0v) is 18.9. The largest absolute Gasteiger partial charge is 0.480 e. The lowest BCUT2D eigenvalue weighted by molar-refractivity contribution is -0.143. The molecule has 33 heavy (non-hydrogen) atoms. The number of carbonyl (C=O) groups excluding carboxylic acids is 2. The van der Waals surface area contributed by atoms with Crippen molar-refractivity contribution in [2.75, 3.05) is 41.0 Å². The van der Waals surface area contributed by atoms with E-state index < -0.39 is 30.1 Å². The second-order valence-corrected chi connectivity index (χ2v) is 8.14. The predicted molar refractivity (Wildman–Crippen MR) is 122 cm³/mol. The molecule has 0 saturated heterocycles. The number of methoxy groups -OCH3 is 1. The molecule has 0 aromatic heterocycles. The van der Waals surface area contributed by atoms with Crippen molar-refractivity contribution in [2.24, 2.45) is 0 Å². The molecule has 0 aliphatic heterocycles. The number of rotatable bonds is 10. The quantitative estimate of drug-likeness (QED) is 0.499. The van der Waals surface area contributed by atoms with Gasteiger partial charge >= 0.3 is 12.1 Å². The summed E-state index contributed by atoms with van der Waals surface area (Å²) in [5.41, 5.74) is 4.39. The van der Waals surface area contributed by atoms with E-state index in [1.165, 1.54) is 7.11 Å². The van der Waals surface area contributed by atoms with Gasteiger partial charge in [0, 0.05) is 19.6 Å². The van der Waals surface area contributed by atoms with Crippen LogP contribution < -0.4 is 10.6 Å². The van der Waals surface area contributed by atoms with Crippen molar-refractivity contribution in [1.29, 1.82) is 0 Å². The third-order valence-electron chi connectivity index (χ3n) is 5.45. The first kappa shape index (κ1) is 24.2. The molecule has 2 amide bonds. The number of amides is 2. The fraction of sp³-hybridized carbons (Fsp3) is 0.375. The van der Waals surface area contributed by atoms with Crippen molar-refractivity contribution in [3.63, 3.8) is 0 Å². The Bertz CT molecular complexity index is 964. The molecule has 176 valence electrons. The second kappa shape index (κ2) is 10.9. The molecule has 9 heteroatoms. The zero-order valence-electron chi connectivity index (χ0n) is 18.9. The molecule has 3 N–H and O–H groups in total. The van der Waals surface area contributed by atoms with Crippen molar-refractivity contribution in [3.8, 4) is 11.1 Å². The van der Waals surface area contributed by atoms with E-state index in [2.05, 4.69) is 10.6 Å². The summed E-state index contributed by atoms with van der Waals surface area (Å²) >= 11 is 0. The first-order chi connectivity index (χ1) is 15.8. The van der Waals surface area contributed by atoms with Gasteiger partial charge in [0.05, 0.1) is 6.61 Å². The molecule has 9 nitrogen and oxygen atoms in total. The van der Waals surface area contributed by atoms with Crippen LogP contribution >= 0.6 is 0 Å². The molecule has 2 aromatic carbocycles. The molecular formula is C24H29N3O6. The van der Waals surface area contributed by atoms with Crippen LogP contribution in [0.2, 0.25) is 0 Å². The Morgan fingerprint density at radius 3 is 2.06 bits per heavy atom. The van der Waals surface area contributed by atoms with Gasteiger partial charge in [-0.3, -0.25) is 4.79 Å². The number of alkyl carbamates (subject to hydrolysis) is 1. The molecule has 2 unspecified atom stereocenters. The molecule has 0 bridgehead atoms. The summed E-state index contributed by atoms with van der Waals surface area (Å²) in [6, 6.07) is 13.8. The van der Waals surface area contributed by atoms with Gasteiger partial charge in [-0.1, -0.05) is 48.5 Å². The molecule has 2 atom stereocenters. The van der Waals surface area contributed by atoms with E-state index in [9.17, 15) is 19.5 Å². The minimum atomic E-state index is -1.23. The van der Waals surface area contributed by atoms with Crippen LogP contribution in [0.1, 0.15) is 17.0 Å². The molecule has 0 radical (unpaired) electrons. The number of likely N-dealkylation sites (N-methyl/N-ethyl adjacent to an activating group) is 1. The molecule has 3 rings (SSSR count). The molecule has 0 saturated carbocycles. The number of hydrogen-bond donors (Lipinski definition) is 3. The van der Waals surface area contributed by atoms with E-state index in [0.717, 1.165) is 22.3 Å². The number of carboxylic acids is 1. The number of aliphatic carboxylic acids is 1. The number of fused-ring (bicyclic) bond motifs is 3. The van der Waals surface area contributed by atoms with E-state index in [4.69, 9.17) is 9.47 Å². The van der Waals surface area contributed by atoms with Crippen LogP contribution in [-0.4, -0.2) is 81.0 Å². The average Bonchev–Trinajstić information content (AvgIpc) is 3.10. The number of nitrogens with zero attached hydrogens (tertiary/aromatic N) is 1. The van der Waals surface area contributed by atoms with Gasteiger partial charge in [0.2, 0.25) is 5.91 Å². The van der Waals surface area contributed by atoms with E-state index in [1.54, 1.807) is 19.0 Å². The lowest BCUT2D eigenvalue weighted by atomic mass is 9.98. The topological polar surface area (TPSA) is 117 Å². The van der Waals surface area contributed by atoms with Crippen LogP contribution in [0, 0.1) is 0 Å². The molecule has 1 aliphatic rings. The standard InChI is InChI=1S/C24H29N3O6/c1-27(2)12-20(22(28)25-21(14-32-3)23(29)30)26-24(31)33-13-19-17-10-6-4-8-15(17)16-9-5-7-11-18(16)19/h4-11,19-21H,12-14H2,1-3H3,(H,25,28)(H,26,31)(H,29,30). The summed E-state index contributed by atoms with van der Waals surface area (Å²) in [6.07, 6.45) is -0.752. The maximum absolute atomic E-state index is 12.7. The Morgan fingerprint density at radius 2 is 1.55 bits per heavy atom. The number of hydrogen-bond acceptors (Lipinski definition) is 6. The summed E-state index contributed by atoms with van der Waals surface area (Å²) < 4.78 is 10.4. The normalized spacial score (nSPS) is 14.2. The molecule has 1 aliphatic carbocycles. The summed E-state index contributed by atoms with van der Waals surface area (Å²) in [5, 5.41) is 14.2. The van der Waals surface area contributed by atoms with Gasteiger partial charge in [-0.05, 0) is 36.3 Å². The minimum absolute atomic E-state index is 0.109. The minimum Gasteiger partial charge on any atom is -0.480 e. The highest BCUT2D eigenvalue weighted by molar-refractivity contribution is 5.89. The highest BCUT2D eigenvalue weighted by Gasteiger charge is 2.31. The number of ether oxygens (including phenoxy) is 2. The lowest BCUT2D eigenvalue weighted by Crippen LogP contribution is -2.56. The zero-order chi connectivity index (χ0) is 24.0. The number of carbonyl (C=O) groups is 3. The summed E-state index contributed by atoms with van der Waals surface area (Å²) in [5.74, 6) is -1.97. The van der Waals surface area contributed by atoms with Crippen molar-refractivity contribution in [1.82, 2.24) is 15.5 Å². The van der Waals surface area contributed by atoms with E-state index >= 15 is 0 Å². The monoisotopic (exact) mass is 455 g/mol. The van der Waals surface area contributed by atoms with Gasteiger partial charge in [-0.25, -0.2) is 9.59 Å². The predicted octanol–water partition coefficient (Wildman–Crippen LogP) is 1.67. The van der Waals surface area contributed by atoms with E-state index in [0.29, 0.717) is 0 Å². The molecular weight excluding hydrogens is 426 g/mol. The van der Waals surface area contributed by atoms with Crippen molar-refractivity contribution >= 4 is 18.0 Å². The van der Waals surface area contributed by atoms with Crippen LogP contribution in [0.15, 0.2) is 48.5 Å². The van der Waals surface area contributed by atoms with Crippen LogP contribution in [-0.2, 0) is 19.1 Å². The van der Waals surface area contributed by atoms with Crippen LogP contribution in [0.25, 0.3) is 11.1 Å². The average molecular weight is 456 g/mol. The SMILES string of the molecule is COCC(NC(=O)C(CN(C)C)NC(=O)OCC1c2ccccc2-c2ccccc21)C(=O)O. The molecule has 0 heterocycles. The summed E-state index contributed by atoms with van der Waals surface area (Å²) in [7, 11) is 4.82. The van der Waals surface area contributed by atoms with E-state index in [-0.39, 0.29) is 25.7 Å². The summed E-state index contributed by atoms with van der Waals surface area (Å²) in [4.78, 5) is 38.3. The molecule has 0 spiro atoms.